The average molecular weight is 326 g/mol. The Bertz CT molecular complexity index is 549. The fourth-order valence-electron chi connectivity index (χ4n) is 2.98. The third-order valence-corrected chi connectivity index (χ3v) is 4.69. The summed E-state index contributed by atoms with van der Waals surface area (Å²) >= 11 is 0. The molecule has 2 unspecified atom stereocenters. The van der Waals surface area contributed by atoms with E-state index in [1.165, 1.54) is 0 Å². The maximum atomic E-state index is 13.9. The number of alkyl halides is 2. The summed E-state index contributed by atoms with van der Waals surface area (Å²) in [6.45, 7) is 0. The molecule has 0 spiro atoms. The number of aliphatic hydroxyl groups is 1. The molecule has 128 valence electrons. The van der Waals surface area contributed by atoms with Crippen LogP contribution in [0.2, 0.25) is 0 Å². The van der Waals surface area contributed by atoms with Crippen LogP contribution in [0.25, 0.3) is 0 Å². The van der Waals surface area contributed by atoms with Crippen LogP contribution in [0.1, 0.15) is 38.5 Å². The lowest BCUT2D eigenvalue weighted by molar-refractivity contribution is -0.0243. The van der Waals surface area contributed by atoms with Gasteiger partial charge in [0.15, 0.2) is 0 Å². The first kappa shape index (κ1) is 16.3. The van der Waals surface area contributed by atoms with E-state index in [1.807, 2.05) is 6.07 Å². The first-order chi connectivity index (χ1) is 11.0. The van der Waals surface area contributed by atoms with Gasteiger partial charge < -0.3 is 20.5 Å². The normalized spacial score (nSPS) is 23.7. The Labute approximate surface area is 135 Å². The summed E-state index contributed by atoms with van der Waals surface area (Å²) in [5.41, 5.74) is 1.51. The zero-order valence-corrected chi connectivity index (χ0v) is 13.3. The van der Waals surface area contributed by atoms with E-state index < -0.39 is 18.2 Å². The summed E-state index contributed by atoms with van der Waals surface area (Å²) in [4.78, 5) is 0. The van der Waals surface area contributed by atoms with Crippen LogP contribution in [-0.4, -0.2) is 30.4 Å². The van der Waals surface area contributed by atoms with Crippen LogP contribution in [-0.2, 0) is 0 Å². The van der Waals surface area contributed by atoms with Crippen molar-refractivity contribution >= 4 is 11.4 Å². The van der Waals surface area contributed by atoms with Crippen molar-refractivity contribution in [2.45, 2.75) is 56.7 Å². The molecule has 1 aromatic carbocycles. The number of methoxy groups -OCH3 is 1. The highest BCUT2D eigenvalue weighted by molar-refractivity contribution is 5.73. The van der Waals surface area contributed by atoms with Gasteiger partial charge in [0.25, 0.3) is 0 Å². The van der Waals surface area contributed by atoms with E-state index in [2.05, 4.69) is 10.6 Å². The van der Waals surface area contributed by atoms with Gasteiger partial charge in [0, 0.05) is 18.9 Å². The van der Waals surface area contributed by atoms with Crippen LogP contribution in [0.5, 0.6) is 5.75 Å². The first-order valence-electron chi connectivity index (χ1n) is 8.24. The molecule has 2 aliphatic rings. The largest absolute Gasteiger partial charge is 0.497 e. The maximum absolute atomic E-state index is 13.9. The van der Waals surface area contributed by atoms with E-state index in [9.17, 15) is 13.9 Å². The van der Waals surface area contributed by atoms with Crippen molar-refractivity contribution in [2.75, 3.05) is 17.7 Å². The molecule has 3 N–H and O–H groups in total. The third kappa shape index (κ3) is 4.25. The molecule has 0 amide bonds. The fraction of sp³-hybridized carbons (Fsp3) is 0.647. The number of rotatable bonds is 7. The molecule has 1 fully saturated rings. The van der Waals surface area contributed by atoms with Gasteiger partial charge in [-0.05, 0) is 30.9 Å². The standard InChI is InChI=1S/C17H24F2N2O2/c1-23-12-4-5-13-15(10-12)21-16(22)14(20-13)7-9-17(18,19)8-6-11-2-3-11/h4-5,10-11,14,16,20-22H,2-3,6-9H2,1H3. The molecule has 0 radical (unpaired) electrons. The molecule has 0 bridgehead atoms. The molecular weight excluding hydrogens is 302 g/mol. The van der Waals surface area contributed by atoms with Crippen molar-refractivity contribution < 1.29 is 18.6 Å². The predicted octanol–water partition coefficient (Wildman–Crippen LogP) is 3.83. The van der Waals surface area contributed by atoms with Gasteiger partial charge in [-0.15, -0.1) is 0 Å². The lowest BCUT2D eigenvalue weighted by atomic mass is 9.99. The van der Waals surface area contributed by atoms with Crippen LogP contribution in [0.15, 0.2) is 18.2 Å². The Morgan fingerprint density at radius 1 is 1.17 bits per heavy atom. The van der Waals surface area contributed by atoms with Crippen LogP contribution in [0.3, 0.4) is 0 Å². The van der Waals surface area contributed by atoms with Gasteiger partial charge in [0.2, 0.25) is 5.92 Å². The minimum absolute atomic E-state index is 0.0400. The summed E-state index contributed by atoms with van der Waals surface area (Å²) in [5.74, 6) is -1.46. The second kappa shape index (κ2) is 6.51. The molecule has 2 atom stereocenters. The molecule has 0 saturated heterocycles. The van der Waals surface area contributed by atoms with Crippen molar-refractivity contribution in [3.63, 3.8) is 0 Å². The third-order valence-electron chi connectivity index (χ3n) is 4.69. The number of halogens is 2. The van der Waals surface area contributed by atoms with Crippen molar-refractivity contribution in [3.05, 3.63) is 18.2 Å². The maximum Gasteiger partial charge on any atom is 0.248 e. The Balaban J connectivity index is 1.55. The number of benzene rings is 1. The Morgan fingerprint density at radius 2 is 1.91 bits per heavy atom. The van der Waals surface area contributed by atoms with Gasteiger partial charge in [-0.3, -0.25) is 0 Å². The van der Waals surface area contributed by atoms with Gasteiger partial charge in [0.05, 0.1) is 24.5 Å². The quantitative estimate of drug-likeness (QED) is 0.713. The number of hydrogen-bond acceptors (Lipinski definition) is 4. The van der Waals surface area contributed by atoms with Gasteiger partial charge in [0.1, 0.15) is 12.0 Å². The van der Waals surface area contributed by atoms with E-state index in [-0.39, 0.29) is 19.3 Å². The zero-order valence-electron chi connectivity index (χ0n) is 13.3. The van der Waals surface area contributed by atoms with Gasteiger partial charge >= 0.3 is 0 Å². The summed E-state index contributed by atoms with van der Waals surface area (Å²) in [6.07, 6.45) is 1.90. The number of nitrogens with one attached hydrogen (secondary N) is 2. The number of anilines is 2. The fourth-order valence-corrected chi connectivity index (χ4v) is 2.98. The minimum atomic E-state index is -2.65. The molecule has 3 rings (SSSR count). The van der Waals surface area contributed by atoms with Gasteiger partial charge in [-0.1, -0.05) is 12.8 Å². The van der Waals surface area contributed by atoms with E-state index in [4.69, 9.17) is 4.74 Å². The number of hydrogen-bond donors (Lipinski definition) is 3. The van der Waals surface area contributed by atoms with Crippen LogP contribution < -0.4 is 15.4 Å². The molecule has 1 aromatic rings. The lowest BCUT2D eigenvalue weighted by Crippen LogP contribution is -2.43. The van der Waals surface area contributed by atoms with Crippen LogP contribution >= 0.6 is 0 Å². The minimum Gasteiger partial charge on any atom is -0.497 e. The number of aliphatic hydroxyl groups excluding tert-OH is 1. The molecule has 1 aliphatic heterocycles. The van der Waals surface area contributed by atoms with Crippen LogP contribution in [0, 0.1) is 5.92 Å². The summed E-state index contributed by atoms with van der Waals surface area (Å²) in [6, 6.07) is 4.96. The zero-order chi connectivity index (χ0) is 16.4. The van der Waals surface area contributed by atoms with Crippen molar-refractivity contribution in [1.29, 1.82) is 0 Å². The molecule has 4 nitrogen and oxygen atoms in total. The molecule has 6 heteroatoms. The Morgan fingerprint density at radius 3 is 2.61 bits per heavy atom. The smallest absolute Gasteiger partial charge is 0.248 e. The molecule has 1 saturated carbocycles. The monoisotopic (exact) mass is 326 g/mol. The van der Waals surface area contributed by atoms with Gasteiger partial charge in [-0.2, -0.15) is 0 Å². The first-order valence-corrected chi connectivity index (χ1v) is 8.24. The van der Waals surface area contributed by atoms with Gasteiger partial charge in [-0.25, -0.2) is 8.78 Å². The highest BCUT2D eigenvalue weighted by Gasteiger charge is 2.35. The molecule has 0 aromatic heterocycles. The Kier molecular flexibility index (Phi) is 4.62. The van der Waals surface area contributed by atoms with E-state index in [1.54, 1.807) is 19.2 Å². The van der Waals surface area contributed by atoms with Crippen molar-refractivity contribution in [3.8, 4) is 5.75 Å². The molecular formula is C17H24F2N2O2. The predicted molar refractivity (Wildman–Crippen MR) is 86.2 cm³/mol. The topological polar surface area (TPSA) is 53.5 Å². The summed E-state index contributed by atoms with van der Waals surface area (Å²) in [5, 5.41) is 16.2. The van der Waals surface area contributed by atoms with E-state index in [0.717, 1.165) is 18.5 Å². The van der Waals surface area contributed by atoms with Crippen molar-refractivity contribution in [1.82, 2.24) is 0 Å². The summed E-state index contributed by atoms with van der Waals surface area (Å²) in [7, 11) is 1.57. The molecule has 1 aliphatic carbocycles. The lowest BCUT2D eigenvalue weighted by Gasteiger charge is -2.34. The second-order valence-electron chi connectivity index (χ2n) is 6.63. The Hall–Kier alpha value is -1.56. The highest BCUT2D eigenvalue weighted by Crippen LogP contribution is 2.39. The van der Waals surface area contributed by atoms with Crippen molar-refractivity contribution in [2.24, 2.45) is 5.92 Å². The number of fused-ring (bicyclic) bond motifs is 1. The molecule has 23 heavy (non-hydrogen) atoms. The van der Waals surface area contributed by atoms with E-state index >= 15 is 0 Å². The second-order valence-corrected chi connectivity index (χ2v) is 6.63. The molecule has 1 heterocycles. The highest BCUT2D eigenvalue weighted by atomic mass is 19.3. The van der Waals surface area contributed by atoms with E-state index in [0.29, 0.717) is 23.8 Å². The summed E-state index contributed by atoms with van der Waals surface area (Å²) < 4.78 is 33.0. The SMILES string of the molecule is COc1ccc2c(c1)NC(O)C(CCC(F)(F)CCC1CC1)N2. The number of ether oxygens (including phenoxy) is 1. The van der Waals surface area contributed by atoms with Crippen LogP contribution in [0.4, 0.5) is 20.2 Å². The average Bonchev–Trinajstić information content (AvgIpc) is 3.35.